The molecule has 0 radical (unpaired) electrons. The van der Waals surface area contributed by atoms with Crippen molar-refractivity contribution >= 4 is 33.4 Å². The minimum absolute atomic E-state index is 0.186. The Morgan fingerprint density at radius 1 is 0.568 bits per heavy atom. The van der Waals surface area contributed by atoms with Crippen LogP contribution in [0.4, 0.5) is 8.78 Å². The average molecular weight is 591 g/mol. The lowest BCUT2D eigenvalue weighted by molar-refractivity contribution is 0.0995. The summed E-state index contributed by atoms with van der Waals surface area (Å²) in [5, 5.41) is 1.21. The monoisotopic (exact) mass is 590 g/mol. The second-order valence-corrected chi connectivity index (χ2v) is 10.0. The van der Waals surface area contributed by atoms with Crippen molar-refractivity contribution in [2.75, 3.05) is 0 Å². The summed E-state index contributed by atoms with van der Waals surface area (Å²) in [6.45, 7) is 3.52. The smallest absolute Gasteiger partial charge is 0.181 e. The highest BCUT2D eigenvalue weighted by Crippen LogP contribution is 2.26. The Kier molecular flexibility index (Phi) is 9.30. The number of carbonyl (C=O) groups excluding carboxylic acids is 2. The van der Waals surface area contributed by atoms with Gasteiger partial charge in [-0.2, -0.15) is 0 Å². The van der Waals surface area contributed by atoms with E-state index in [1.54, 1.807) is 24.3 Å². The summed E-state index contributed by atoms with van der Waals surface area (Å²) in [4.78, 5) is 32.1. The van der Waals surface area contributed by atoms with Crippen LogP contribution < -0.4 is 9.47 Å². The fourth-order valence-corrected chi connectivity index (χ4v) is 4.45. The Labute approximate surface area is 252 Å². The third-order valence-electron chi connectivity index (χ3n) is 6.62. The predicted octanol–water partition coefficient (Wildman–Crippen LogP) is 8.31. The molecule has 0 aliphatic rings. The maximum atomic E-state index is 13.3. The molecule has 0 aliphatic heterocycles. The van der Waals surface area contributed by atoms with Gasteiger partial charge in [-0.25, -0.2) is 18.7 Å². The molecule has 0 aliphatic carbocycles. The largest absolute Gasteiger partial charge is 0.486 e. The number of ether oxygens (including phenoxy) is 2. The summed E-state index contributed by atoms with van der Waals surface area (Å²) in [6.07, 6.45) is 0. The minimum atomic E-state index is -0.348. The van der Waals surface area contributed by atoms with Crippen LogP contribution in [0.3, 0.4) is 0 Å². The van der Waals surface area contributed by atoms with Crippen LogP contribution in [0.1, 0.15) is 46.0 Å². The fourth-order valence-electron chi connectivity index (χ4n) is 4.45. The predicted molar refractivity (Wildman–Crippen MR) is 165 cm³/mol. The van der Waals surface area contributed by atoms with Crippen LogP contribution in [0, 0.1) is 11.6 Å². The standard InChI is InChI=1S/2C18H14FNO2/c2*1-12(21)18-17(22-11-13-5-3-2-4-6-13)10-14-9-15(19)7-8-16(14)20-18/h2*2-10H,11H2,1H3. The molecule has 2 heterocycles. The van der Waals surface area contributed by atoms with E-state index < -0.39 is 0 Å². The topological polar surface area (TPSA) is 78.4 Å². The normalized spacial score (nSPS) is 10.6. The number of ketones is 2. The molecule has 0 amide bonds. The van der Waals surface area contributed by atoms with Crippen molar-refractivity contribution in [3.8, 4) is 11.5 Å². The van der Waals surface area contributed by atoms with E-state index in [4.69, 9.17) is 9.47 Å². The van der Waals surface area contributed by atoms with E-state index in [1.807, 2.05) is 60.7 Å². The van der Waals surface area contributed by atoms with E-state index in [9.17, 15) is 18.4 Å². The Morgan fingerprint density at radius 3 is 1.32 bits per heavy atom. The number of nitrogens with zero attached hydrogens (tertiary/aromatic N) is 2. The highest BCUT2D eigenvalue weighted by Gasteiger charge is 2.14. The van der Waals surface area contributed by atoms with Crippen LogP contribution in [0.15, 0.2) is 109 Å². The average Bonchev–Trinajstić information content (AvgIpc) is 3.03. The van der Waals surface area contributed by atoms with E-state index >= 15 is 0 Å². The molecule has 8 heteroatoms. The van der Waals surface area contributed by atoms with E-state index in [2.05, 4.69) is 9.97 Å². The molecule has 2 aromatic heterocycles. The number of halogens is 2. The summed E-state index contributed by atoms with van der Waals surface area (Å²) < 4.78 is 38.1. The summed E-state index contributed by atoms with van der Waals surface area (Å²) in [5.41, 5.74) is 3.62. The molecule has 0 saturated carbocycles. The van der Waals surface area contributed by atoms with Gasteiger partial charge in [-0.1, -0.05) is 60.7 Å². The van der Waals surface area contributed by atoms with Gasteiger partial charge in [0.1, 0.15) is 47.7 Å². The van der Waals surface area contributed by atoms with Crippen molar-refractivity contribution < 1.29 is 27.8 Å². The van der Waals surface area contributed by atoms with Gasteiger partial charge in [0.25, 0.3) is 0 Å². The quantitative estimate of drug-likeness (QED) is 0.166. The van der Waals surface area contributed by atoms with E-state index in [0.717, 1.165) is 11.1 Å². The van der Waals surface area contributed by atoms with Gasteiger partial charge in [-0.05, 0) is 59.7 Å². The second-order valence-electron chi connectivity index (χ2n) is 10.0. The molecule has 0 bridgehead atoms. The molecule has 6 rings (SSSR count). The molecule has 220 valence electrons. The second kappa shape index (κ2) is 13.6. The van der Waals surface area contributed by atoms with Crippen molar-refractivity contribution in [2.45, 2.75) is 27.1 Å². The van der Waals surface area contributed by atoms with Gasteiger partial charge in [0.15, 0.2) is 11.6 Å². The minimum Gasteiger partial charge on any atom is -0.486 e. The van der Waals surface area contributed by atoms with Crippen molar-refractivity contribution in [2.24, 2.45) is 0 Å². The van der Waals surface area contributed by atoms with Crippen LogP contribution >= 0.6 is 0 Å². The Hall–Kier alpha value is -5.50. The van der Waals surface area contributed by atoms with Gasteiger partial charge in [0, 0.05) is 24.6 Å². The zero-order valence-corrected chi connectivity index (χ0v) is 24.1. The SMILES string of the molecule is CC(=O)c1nc2ccc(F)cc2cc1OCc1ccccc1.CC(=O)c1nc2ccc(F)cc2cc1OCc1ccccc1. The lowest BCUT2D eigenvalue weighted by Crippen LogP contribution is -2.04. The lowest BCUT2D eigenvalue weighted by atomic mass is 10.1. The number of carbonyl (C=O) groups is 2. The van der Waals surface area contributed by atoms with Crippen molar-refractivity contribution in [3.05, 3.63) is 143 Å². The number of rotatable bonds is 8. The summed E-state index contributed by atoms with van der Waals surface area (Å²) >= 11 is 0. The molecular weight excluding hydrogens is 562 g/mol. The van der Waals surface area contributed by atoms with Crippen LogP contribution in [-0.2, 0) is 13.2 Å². The van der Waals surface area contributed by atoms with Crippen molar-refractivity contribution in [1.29, 1.82) is 0 Å². The van der Waals surface area contributed by atoms with Crippen LogP contribution in [0.2, 0.25) is 0 Å². The number of hydrogen-bond acceptors (Lipinski definition) is 6. The molecule has 4 aromatic carbocycles. The number of hydrogen-bond donors (Lipinski definition) is 0. The first kappa shape index (κ1) is 30.0. The molecule has 0 saturated heterocycles. The first-order chi connectivity index (χ1) is 21.3. The summed E-state index contributed by atoms with van der Waals surface area (Å²) in [7, 11) is 0. The van der Waals surface area contributed by atoms with Gasteiger partial charge in [-0.3, -0.25) is 9.59 Å². The molecule has 6 aromatic rings. The third kappa shape index (κ3) is 7.46. The maximum Gasteiger partial charge on any atom is 0.181 e. The van der Waals surface area contributed by atoms with Gasteiger partial charge >= 0.3 is 0 Å². The molecule has 0 fully saturated rings. The highest BCUT2D eigenvalue weighted by atomic mass is 19.1. The zero-order valence-electron chi connectivity index (χ0n) is 24.1. The molecule has 6 nitrogen and oxygen atoms in total. The third-order valence-corrected chi connectivity index (χ3v) is 6.62. The van der Waals surface area contributed by atoms with Crippen LogP contribution in [0.25, 0.3) is 21.8 Å². The van der Waals surface area contributed by atoms with Gasteiger partial charge in [-0.15, -0.1) is 0 Å². The highest BCUT2D eigenvalue weighted by molar-refractivity contribution is 5.98. The van der Waals surface area contributed by atoms with Crippen molar-refractivity contribution in [1.82, 2.24) is 9.97 Å². The summed E-state index contributed by atoms with van der Waals surface area (Å²) in [6, 6.07) is 31.1. The molecule has 0 N–H and O–H groups in total. The first-order valence-electron chi connectivity index (χ1n) is 13.8. The summed E-state index contributed by atoms with van der Waals surface area (Å²) in [5.74, 6) is -0.328. The molecule has 0 unspecified atom stereocenters. The Bertz CT molecular complexity index is 1800. The molecular formula is C36H28F2N2O4. The van der Waals surface area contributed by atoms with Gasteiger partial charge in [0.2, 0.25) is 0 Å². The number of aromatic nitrogens is 2. The number of pyridine rings is 2. The van der Waals surface area contributed by atoms with Gasteiger partial charge < -0.3 is 9.47 Å². The van der Waals surface area contributed by atoms with Crippen LogP contribution in [-0.4, -0.2) is 21.5 Å². The first-order valence-corrected chi connectivity index (χ1v) is 13.8. The molecule has 0 atom stereocenters. The number of Topliss-reactive ketones (excluding diaryl/α,β-unsaturated/α-hetero) is 2. The van der Waals surface area contributed by atoms with Crippen molar-refractivity contribution in [3.63, 3.8) is 0 Å². The van der Waals surface area contributed by atoms with E-state index in [-0.39, 0.29) is 34.6 Å². The zero-order chi connectivity index (χ0) is 31.1. The van der Waals surface area contributed by atoms with Gasteiger partial charge in [0.05, 0.1) is 11.0 Å². The Morgan fingerprint density at radius 2 is 0.955 bits per heavy atom. The number of benzene rings is 4. The van der Waals surface area contributed by atoms with E-state index in [0.29, 0.717) is 46.5 Å². The van der Waals surface area contributed by atoms with E-state index in [1.165, 1.54) is 38.1 Å². The van der Waals surface area contributed by atoms with Crippen LogP contribution in [0.5, 0.6) is 11.5 Å². The number of fused-ring (bicyclic) bond motifs is 2. The molecule has 44 heavy (non-hydrogen) atoms. The Balaban J connectivity index is 0.000000175. The fraction of sp³-hybridized carbons (Fsp3) is 0.111. The maximum absolute atomic E-state index is 13.3. The molecule has 0 spiro atoms. The lowest BCUT2D eigenvalue weighted by Gasteiger charge is -2.11.